The molecule has 7 heteroatoms. The molecule has 1 saturated heterocycles. The first kappa shape index (κ1) is 15.2. The molecule has 1 heterocycles. The molecule has 2 rings (SSSR count). The van der Waals surface area contributed by atoms with Crippen molar-refractivity contribution in [2.75, 3.05) is 24.5 Å². The number of nitro groups is 1. The molecule has 1 aliphatic rings. The summed E-state index contributed by atoms with van der Waals surface area (Å²) in [6, 6.07) is 2.45. The third kappa shape index (κ3) is 2.93. The summed E-state index contributed by atoms with van der Waals surface area (Å²) in [5.74, 6) is 0.263. The topological polar surface area (TPSA) is 72.4 Å². The van der Waals surface area contributed by atoms with Crippen molar-refractivity contribution in [3.63, 3.8) is 0 Å². The van der Waals surface area contributed by atoms with E-state index in [0.717, 1.165) is 6.42 Å². The maximum absolute atomic E-state index is 13.7. The number of piperidine rings is 1. The zero-order chi connectivity index (χ0) is 14.9. The number of nitrogens with two attached hydrogens (primary N) is 1. The van der Waals surface area contributed by atoms with Crippen LogP contribution in [0, 0.1) is 27.8 Å². The van der Waals surface area contributed by atoms with Gasteiger partial charge in [0.2, 0.25) is 0 Å². The van der Waals surface area contributed by atoms with E-state index in [2.05, 4.69) is 22.9 Å². The van der Waals surface area contributed by atoms with Gasteiger partial charge in [0.15, 0.2) is 0 Å². The molecular formula is C13H17BrFN3O2. The van der Waals surface area contributed by atoms with Crippen LogP contribution < -0.4 is 10.6 Å². The quantitative estimate of drug-likeness (QED) is 0.675. The smallest absolute Gasteiger partial charge is 0.293 e. The maximum atomic E-state index is 13.7. The third-order valence-electron chi connectivity index (χ3n) is 3.97. The Kier molecular flexibility index (Phi) is 4.59. The van der Waals surface area contributed by atoms with Crippen molar-refractivity contribution in [2.45, 2.75) is 13.3 Å². The van der Waals surface area contributed by atoms with E-state index in [1.807, 2.05) is 4.90 Å². The lowest BCUT2D eigenvalue weighted by atomic mass is 9.87. The van der Waals surface area contributed by atoms with Gasteiger partial charge in [-0.15, -0.1) is 0 Å². The Balaban J connectivity index is 2.36. The van der Waals surface area contributed by atoms with Crippen LogP contribution >= 0.6 is 15.9 Å². The molecule has 5 nitrogen and oxygen atoms in total. The molecule has 1 aliphatic heterocycles. The molecule has 1 aromatic carbocycles. The zero-order valence-electron chi connectivity index (χ0n) is 11.2. The Bertz CT molecular complexity index is 527. The molecule has 0 spiro atoms. The monoisotopic (exact) mass is 345 g/mol. The van der Waals surface area contributed by atoms with Crippen molar-refractivity contribution in [1.82, 2.24) is 0 Å². The van der Waals surface area contributed by atoms with Crippen LogP contribution in [0.25, 0.3) is 0 Å². The zero-order valence-corrected chi connectivity index (χ0v) is 12.8. The highest BCUT2D eigenvalue weighted by atomic mass is 79.9. The number of hydrogen-bond donors (Lipinski definition) is 1. The van der Waals surface area contributed by atoms with Gasteiger partial charge in [0.05, 0.1) is 9.40 Å². The molecule has 0 saturated carbocycles. The van der Waals surface area contributed by atoms with Crippen LogP contribution in [0.3, 0.4) is 0 Å². The summed E-state index contributed by atoms with van der Waals surface area (Å²) >= 11 is 2.99. The van der Waals surface area contributed by atoms with Gasteiger partial charge in [0.1, 0.15) is 11.5 Å². The first-order valence-electron chi connectivity index (χ1n) is 6.52. The van der Waals surface area contributed by atoms with Crippen molar-refractivity contribution in [2.24, 2.45) is 17.6 Å². The van der Waals surface area contributed by atoms with Crippen molar-refractivity contribution >= 4 is 27.3 Å². The Morgan fingerprint density at radius 1 is 1.60 bits per heavy atom. The van der Waals surface area contributed by atoms with Gasteiger partial charge >= 0.3 is 0 Å². The van der Waals surface area contributed by atoms with Gasteiger partial charge in [0.25, 0.3) is 5.69 Å². The average Bonchev–Trinajstić information content (AvgIpc) is 2.41. The van der Waals surface area contributed by atoms with E-state index < -0.39 is 10.7 Å². The van der Waals surface area contributed by atoms with Crippen LogP contribution in [0.2, 0.25) is 0 Å². The summed E-state index contributed by atoms with van der Waals surface area (Å²) < 4.78 is 13.8. The van der Waals surface area contributed by atoms with Crippen LogP contribution in [-0.4, -0.2) is 24.6 Å². The first-order valence-corrected chi connectivity index (χ1v) is 7.31. The highest BCUT2D eigenvalue weighted by Crippen LogP contribution is 2.36. The summed E-state index contributed by atoms with van der Waals surface area (Å²) in [6.45, 7) is 3.97. The lowest BCUT2D eigenvalue weighted by Gasteiger charge is -2.37. The van der Waals surface area contributed by atoms with E-state index in [0.29, 0.717) is 31.2 Å². The number of benzene rings is 1. The second kappa shape index (κ2) is 6.05. The summed E-state index contributed by atoms with van der Waals surface area (Å²) in [7, 11) is 0. The van der Waals surface area contributed by atoms with Gasteiger partial charge in [-0.1, -0.05) is 6.92 Å². The van der Waals surface area contributed by atoms with E-state index in [-0.39, 0.29) is 16.1 Å². The van der Waals surface area contributed by atoms with Crippen LogP contribution in [0.15, 0.2) is 16.6 Å². The van der Waals surface area contributed by atoms with E-state index in [9.17, 15) is 14.5 Å². The number of halogens is 2. The minimum Gasteiger partial charge on any atom is -0.366 e. The number of nitrogens with zero attached hydrogens (tertiary/aromatic N) is 2. The van der Waals surface area contributed by atoms with E-state index in [1.165, 1.54) is 12.1 Å². The average molecular weight is 346 g/mol. The molecule has 0 aliphatic carbocycles. The third-order valence-corrected chi connectivity index (χ3v) is 4.58. The van der Waals surface area contributed by atoms with Gasteiger partial charge in [-0.2, -0.15) is 0 Å². The van der Waals surface area contributed by atoms with Gasteiger partial charge < -0.3 is 10.6 Å². The largest absolute Gasteiger partial charge is 0.366 e. The van der Waals surface area contributed by atoms with Gasteiger partial charge in [-0.25, -0.2) is 4.39 Å². The number of anilines is 1. The fraction of sp³-hybridized carbons (Fsp3) is 0.538. The summed E-state index contributed by atoms with van der Waals surface area (Å²) in [6.07, 6.45) is 0.900. The maximum Gasteiger partial charge on any atom is 0.293 e. The van der Waals surface area contributed by atoms with Gasteiger partial charge in [-0.3, -0.25) is 10.1 Å². The van der Waals surface area contributed by atoms with E-state index in [1.54, 1.807) is 0 Å². The fourth-order valence-electron chi connectivity index (χ4n) is 2.60. The second-order valence-corrected chi connectivity index (χ2v) is 6.07. The molecule has 0 bridgehead atoms. The number of nitro benzene ring substituents is 1. The van der Waals surface area contributed by atoms with Crippen LogP contribution in [0.5, 0.6) is 0 Å². The summed E-state index contributed by atoms with van der Waals surface area (Å²) in [5.41, 5.74) is 6.00. The van der Waals surface area contributed by atoms with Crippen molar-refractivity contribution in [3.05, 3.63) is 32.5 Å². The Morgan fingerprint density at radius 2 is 2.30 bits per heavy atom. The molecule has 1 fully saturated rings. The molecule has 1 aromatic rings. The first-order chi connectivity index (χ1) is 9.43. The SMILES string of the molecule is CC1CCN(c2cc(F)c(Br)cc2[N+](=O)[O-])CC1CN. The molecule has 2 N–H and O–H groups in total. The molecular weight excluding hydrogens is 329 g/mol. The second-order valence-electron chi connectivity index (χ2n) is 5.22. The van der Waals surface area contributed by atoms with Crippen LogP contribution in [0.1, 0.15) is 13.3 Å². The summed E-state index contributed by atoms with van der Waals surface area (Å²) in [5, 5.41) is 11.2. The molecule has 0 amide bonds. The highest BCUT2D eigenvalue weighted by molar-refractivity contribution is 9.10. The molecule has 2 unspecified atom stereocenters. The number of rotatable bonds is 3. The summed E-state index contributed by atoms with van der Waals surface area (Å²) in [4.78, 5) is 12.5. The highest BCUT2D eigenvalue weighted by Gasteiger charge is 2.29. The predicted molar refractivity (Wildman–Crippen MR) is 79.3 cm³/mol. The standard InChI is InChI=1S/C13H17BrFN3O2/c1-8-2-3-17(7-9(8)6-16)12-5-11(15)10(14)4-13(12)18(19)20/h4-5,8-9H,2-3,6-7,16H2,1H3. The van der Waals surface area contributed by atoms with Crippen molar-refractivity contribution < 1.29 is 9.31 Å². The Labute approximate surface area is 125 Å². The van der Waals surface area contributed by atoms with Crippen molar-refractivity contribution in [1.29, 1.82) is 0 Å². The lowest BCUT2D eigenvalue weighted by molar-refractivity contribution is -0.384. The lowest BCUT2D eigenvalue weighted by Crippen LogP contribution is -2.43. The minimum atomic E-state index is -0.492. The molecule has 2 atom stereocenters. The van der Waals surface area contributed by atoms with Crippen LogP contribution in [-0.2, 0) is 0 Å². The molecule has 20 heavy (non-hydrogen) atoms. The van der Waals surface area contributed by atoms with E-state index in [4.69, 9.17) is 5.73 Å². The van der Waals surface area contributed by atoms with Gasteiger partial charge in [0, 0.05) is 25.2 Å². The Hall–Kier alpha value is -1.21. The van der Waals surface area contributed by atoms with Gasteiger partial charge in [-0.05, 0) is 40.7 Å². The van der Waals surface area contributed by atoms with Crippen LogP contribution in [0.4, 0.5) is 15.8 Å². The van der Waals surface area contributed by atoms with E-state index >= 15 is 0 Å². The molecule has 110 valence electrons. The number of hydrogen-bond acceptors (Lipinski definition) is 4. The molecule has 0 radical (unpaired) electrons. The minimum absolute atomic E-state index is 0.0800. The predicted octanol–water partition coefficient (Wildman–Crippen LogP) is 2.92. The Morgan fingerprint density at radius 3 is 2.90 bits per heavy atom. The van der Waals surface area contributed by atoms with Crippen molar-refractivity contribution in [3.8, 4) is 0 Å². The molecule has 0 aromatic heterocycles. The normalized spacial score (nSPS) is 22.9. The fourth-order valence-corrected chi connectivity index (χ4v) is 2.93.